The number of aromatic nitrogens is 1. The molecule has 0 aliphatic carbocycles. The van der Waals surface area contributed by atoms with Crippen molar-refractivity contribution in [1.82, 2.24) is 4.57 Å². The van der Waals surface area contributed by atoms with Gasteiger partial charge in [-0.15, -0.1) is 0 Å². The highest BCUT2D eigenvalue weighted by atomic mass is 15.3. The second-order valence-electron chi connectivity index (χ2n) is 10.4. The Kier molecular flexibility index (Phi) is 11.6. The van der Waals surface area contributed by atoms with Crippen LogP contribution in [0.25, 0.3) is 10.9 Å². The summed E-state index contributed by atoms with van der Waals surface area (Å²) in [7, 11) is 6.89. The Labute approximate surface area is 187 Å². The highest BCUT2D eigenvalue weighted by Gasteiger charge is 2.08. The van der Waals surface area contributed by atoms with Crippen LogP contribution in [0, 0.1) is 0 Å². The number of para-hydroxylation sites is 1. The lowest BCUT2D eigenvalue weighted by Gasteiger charge is -2.23. The van der Waals surface area contributed by atoms with Crippen LogP contribution in [0.4, 0.5) is 0 Å². The van der Waals surface area contributed by atoms with Gasteiger partial charge >= 0.3 is 0 Å². The van der Waals surface area contributed by atoms with Crippen molar-refractivity contribution in [2.24, 2.45) is 0 Å². The molecule has 2 nitrogen and oxygen atoms in total. The first kappa shape index (κ1) is 25.0. The van der Waals surface area contributed by atoms with Crippen LogP contribution < -0.4 is 0 Å². The summed E-state index contributed by atoms with van der Waals surface area (Å²) < 4.78 is 3.63. The molecule has 0 N–H and O–H groups in total. The quantitative estimate of drug-likeness (QED) is 0.183. The van der Waals surface area contributed by atoms with Crippen molar-refractivity contribution in [2.75, 3.05) is 27.7 Å². The Morgan fingerprint density at radius 2 is 1.30 bits per heavy atom. The van der Waals surface area contributed by atoms with Crippen LogP contribution in [0.15, 0.2) is 30.5 Å². The van der Waals surface area contributed by atoms with Gasteiger partial charge in [-0.2, -0.15) is 0 Å². The minimum atomic E-state index is 1.11. The first-order valence-electron chi connectivity index (χ1n) is 12.9. The number of rotatable bonds is 17. The first-order chi connectivity index (χ1) is 14.5. The molecule has 0 radical (unpaired) electrons. The summed E-state index contributed by atoms with van der Waals surface area (Å²) in [5.74, 6) is 0. The van der Waals surface area contributed by atoms with E-state index in [9.17, 15) is 0 Å². The zero-order chi connectivity index (χ0) is 21.7. The number of unbranched alkanes of at least 4 members (excludes halogenated alkanes) is 11. The number of aryl methyl sites for hydroxylation is 2. The maximum Gasteiger partial charge on any atom is 0.0780 e. The fraction of sp³-hybridized carbons (Fsp3) is 0.714. The lowest BCUT2D eigenvalue weighted by atomic mass is 10.1. The van der Waals surface area contributed by atoms with Crippen molar-refractivity contribution >= 4 is 10.9 Å². The lowest BCUT2D eigenvalue weighted by molar-refractivity contribution is -0.870. The van der Waals surface area contributed by atoms with E-state index < -0.39 is 0 Å². The monoisotopic (exact) mass is 413 g/mol. The molecule has 0 saturated carbocycles. The molecule has 170 valence electrons. The molecule has 0 saturated heterocycles. The summed E-state index contributed by atoms with van der Waals surface area (Å²) in [4.78, 5) is 0. The second kappa shape index (κ2) is 13.9. The van der Waals surface area contributed by atoms with E-state index in [4.69, 9.17) is 0 Å². The van der Waals surface area contributed by atoms with Crippen LogP contribution >= 0.6 is 0 Å². The Morgan fingerprint density at radius 3 is 1.97 bits per heavy atom. The van der Waals surface area contributed by atoms with Gasteiger partial charge < -0.3 is 9.05 Å². The van der Waals surface area contributed by atoms with Crippen LogP contribution in [0.1, 0.15) is 96.0 Å². The standard InChI is InChI=1S/C28H49N2/c1-5-6-7-15-20-26-25-29(28-22-17-16-21-27(26)28)23-18-13-11-9-8-10-12-14-19-24-30(2,3)4/h16-17,21-22,25H,5-15,18-20,23-24H2,1-4H3/q+1. The number of hydrogen-bond acceptors (Lipinski definition) is 0. The van der Waals surface area contributed by atoms with Crippen LogP contribution in [0.5, 0.6) is 0 Å². The van der Waals surface area contributed by atoms with Crippen molar-refractivity contribution in [3.05, 3.63) is 36.0 Å². The highest BCUT2D eigenvalue weighted by molar-refractivity contribution is 5.83. The Bertz CT molecular complexity index is 692. The van der Waals surface area contributed by atoms with E-state index in [1.807, 2.05) is 0 Å². The molecular formula is C28H49N2+. The predicted octanol–water partition coefficient (Wildman–Crippen LogP) is 7.98. The van der Waals surface area contributed by atoms with Crippen molar-refractivity contribution in [3.63, 3.8) is 0 Å². The van der Waals surface area contributed by atoms with Gasteiger partial charge in [0, 0.05) is 23.6 Å². The van der Waals surface area contributed by atoms with Gasteiger partial charge in [0.05, 0.1) is 27.7 Å². The third kappa shape index (κ3) is 9.69. The largest absolute Gasteiger partial charge is 0.347 e. The van der Waals surface area contributed by atoms with Gasteiger partial charge in [0.25, 0.3) is 0 Å². The normalized spacial score (nSPS) is 12.1. The molecule has 0 amide bonds. The third-order valence-electron chi connectivity index (χ3n) is 6.40. The zero-order valence-electron chi connectivity index (χ0n) is 20.6. The predicted molar refractivity (Wildman–Crippen MR) is 134 cm³/mol. The van der Waals surface area contributed by atoms with E-state index in [1.54, 1.807) is 5.56 Å². The molecule has 2 aromatic rings. The van der Waals surface area contributed by atoms with E-state index in [1.165, 1.54) is 114 Å². The maximum absolute atomic E-state index is 2.53. The van der Waals surface area contributed by atoms with Crippen LogP contribution in [0.3, 0.4) is 0 Å². The fourth-order valence-electron chi connectivity index (χ4n) is 4.56. The Morgan fingerprint density at radius 1 is 0.700 bits per heavy atom. The molecule has 30 heavy (non-hydrogen) atoms. The molecule has 0 aliphatic heterocycles. The average molecular weight is 414 g/mol. The maximum atomic E-state index is 2.53. The number of quaternary nitrogens is 1. The van der Waals surface area contributed by atoms with Gasteiger partial charge in [0.1, 0.15) is 0 Å². The minimum absolute atomic E-state index is 1.11. The average Bonchev–Trinajstić information content (AvgIpc) is 3.06. The molecular weight excluding hydrogens is 364 g/mol. The van der Waals surface area contributed by atoms with Gasteiger partial charge in [0.2, 0.25) is 0 Å². The van der Waals surface area contributed by atoms with Crippen molar-refractivity contribution in [2.45, 2.75) is 103 Å². The highest BCUT2D eigenvalue weighted by Crippen LogP contribution is 2.24. The topological polar surface area (TPSA) is 4.93 Å². The number of benzene rings is 1. The molecule has 1 aromatic carbocycles. The Hall–Kier alpha value is -1.28. The third-order valence-corrected chi connectivity index (χ3v) is 6.40. The first-order valence-corrected chi connectivity index (χ1v) is 12.9. The van der Waals surface area contributed by atoms with Crippen LogP contribution in [-0.4, -0.2) is 36.7 Å². The van der Waals surface area contributed by atoms with E-state index in [0.29, 0.717) is 0 Å². The second-order valence-corrected chi connectivity index (χ2v) is 10.4. The summed E-state index contributed by atoms with van der Waals surface area (Å²) in [6.45, 7) is 4.79. The van der Waals surface area contributed by atoms with Crippen LogP contribution in [0.2, 0.25) is 0 Å². The van der Waals surface area contributed by atoms with Crippen LogP contribution in [-0.2, 0) is 13.0 Å². The molecule has 2 rings (SSSR count). The van der Waals surface area contributed by atoms with E-state index >= 15 is 0 Å². The zero-order valence-corrected chi connectivity index (χ0v) is 20.6. The molecule has 1 heterocycles. The van der Waals surface area contributed by atoms with Gasteiger partial charge in [-0.05, 0) is 43.7 Å². The van der Waals surface area contributed by atoms with Crippen molar-refractivity contribution < 1.29 is 4.48 Å². The van der Waals surface area contributed by atoms with E-state index in [0.717, 1.165) is 4.48 Å². The molecule has 0 unspecified atom stereocenters. The summed E-state index contributed by atoms with van der Waals surface area (Å²) in [6.07, 6.45) is 21.7. The number of hydrogen-bond donors (Lipinski definition) is 0. The molecule has 0 bridgehead atoms. The molecule has 0 fully saturated rings. The SMILES string of the molecule is CCCCCCc1cn(CCCCCCCCCCC[N+](C)(C)C)c2ccccc12. The fourth-order valence-corrected chi connectivity index (χ4v) is 4.56. The van der Waals surface area contributed by atoms with E-state index in [-0.39, 0.29) is 0 Å². The molecule has 1 aromatic heterocycles. The lowest BCUT2D eigenvalue weighted by Crippen LogP contribution is -2.35. The van der Waals surface area contributed by atoms with Gasteiger partial charge in [-0.1, -0.05) is 82.9 Å². The number of fused-ring (bicyclic) bond motifs is 1. The summed E-state index contributed by atoms with van der Waals surface area (Å²) in [5, 5.41) is 1.49. The molecule has 0 atom stereocenters. The van der Waals surface area contributed by atoms with Crippen molar-refractivity contribution in [3.8, 4) is 0 Å². The number of nitrogens with zero attached hydrogens (tertiary/aromatic N) is 2. The van der Waals surface area contributed by atoms with Gasteiger partial charge in [0.15, 0.2) is 0 Å². The van der Waals surface area contributed by atoms with E-state index in [2.05, 4.69) is 63.1 Å². The smallest absolute Gasteiger partial charge is 0.0780 e. The molecule has 0 aliphatic rings. The summed E-state index contributed by atoms with van der Waals surface area (Å²) >= 11 is 0. The summed E-state index contributed by atoms with van der Waals surface area (Å²) in [5.41, 5.74) is 3.00. The van der Waals surface area contributed by atoms with Gasteiger partial charge in [-0.25, -0.2) is 0 Å². The van der Waals surface area contributed by atoms with Crippen molar-refractivity contribution in [1.29, 1.82) is 0 Å². The minimum Gasteiger partial charge on any atom is -0.347 e. The van der Waals surface area contributed by atoms with Gasteiger partial charge in [-0.3, -0.25) is 0 Å². The molecule has 0 spiro atoms. The Balaban J connectivity index is 1.61. The molecule has 2 heteroatoms. The summed E-state index contributed by atoms with van der Waals surface area (Å²) in [6, 6.07) is 9.02.